The summed E-state index contributed by atoms with van der Waals surface area (Å²) in [5.41, 5.74) is 6.77. The molecule has 7 nitrogen and oxygen atoms in total. The third kappa shape index (κ3) is 5.18. The molecule has 0 amide bonds. The number of nitrogens with zero attached hydrogens (tertiary/aromatic N) is 4. The van der Waals surface area contributed by atoms with Crippen LogP contribution in [0.3, 0.4) is 0 Å². The van der Waals surface area contributed by atoms with Crippen molar-refractivity contribution in [3.05, 3.63) is 80.8 Å². The lowest BCUT2D eigenvalue weighted by Crippen LogP contribution is -2.38. The molecule has 1 aliphatic heterocycles. The van der Waals surface area contributed by atoms with Crippen molar-refractivity contribution >= 4 is 18.5 Å². The molecule has 0 fully saturated rings. The number of anilines is 1. The van der Waals surface area contributed by atoms with E-state index in [1.807, 2.05) is 37.6 Å². The molecule has 7 heteroatoms. The number of rotatable bonds is 6. The lowest BCUT2D eigenvalue weighted by atomic mass is 9.79. The van der Waals surface area contributed by atoms with Crippen molar-refractivity contribution in [1.82, 2.24) is 19.7 Å². The zero-order valence-corrected chi connectivity index (χ0v) is 23.4. The summed E-state index contributed by atoms with van der Waals surface area (Å²) >= 11 is 0. The molecule has 3 heterocycles. The predicted octanol–water partition coefficient (Wildman–Crippen LogP) is 5.71. The van der Waals surface area contributed by atoms with Crippen LogP contribution < -0.4 is 16.2 Å². The largest absolute Gasteiger partial charge is 0.340 e. The van der Waals surface area contributed by atoms with Gasteiger partial charge in [0.05, 0.1) is 11.4 Å². The third-order valence-corrected chi connectivity index (χ3v) is 7.04. The SMILES string of the molecule is C=N/C(=C\c1c(C)c(=O)n(C(C)C)n1-c1ccnc(C(C)(C)C)c1)Nc1ccc2c(c1)CNCC2(C)C. The van der Waals surface area contributed by atoms with Crippen LogP contribution in [0.15, 0.2) is 52.1 Å². The Bertz CT molecular complexity index is 1410. The highest BCUT2D eigenvalue weighted by atomic mass is 16.1. The van der Waals surface area contributed by atoms with Gasteiger partial charge >= 0.3 is 0 Å². The van der Waals surface area contributed by atoms with Crippen molar-refractivity contribution in [2.24, 2.45) is 4.99 Å². The molecule has 3 aromatic rings. The second kappa shape index (κ2) is 9.78. The van der Waals surface area contributed by atoms with Gasteiger partial charge in [0.2, 0.25) is 0 Å². The lowest BCUT2D eigenvalue weighted by molar-refractivity contribution is 0.435. The van der Waals surface area contributed by atoms with Gasteiger partial charge < -0.3 is 10.6 Å². The van der Waals surface area contributed by atoms with Gasteiger partial charge in [0.1, 0.15) is 5.82 Å². The molecule has 0 saturated heterocycles. The first kappa shape index (κ1) is 26.6. The number of aliphatic imine (C=N–C) groups is 1. The molecule has 37 heavy (non-hydrogen) atoms. The monoisotopic (exact) mass is 500 g/mol. The van der Waals surface area contributed by atoms with E-state index in [2.05, 4.69) is 86.2 Å². The minimum absolute atomic E-state index is 0.0270. The number of aromatic nitrogens is 3. The van der Waals surface area contributed by atoms with Gasteiger partial charge in [-0.2, -0.15) is 0 Å². The van der Waals surface area contributed by atoms with Crippen molar-refractivity contribution in [3.8, 4) is 5.69 Å². The molecule has 0 radical (unpaired) electrons. The minimum Gasteiger partial charge on any atom is -0.340 e. The van der Waals surface area contributed by atoms with Crippen molar-refractivity contribution in [1.29, 1.82) is 0 Å². The molecule has 0 saturated carbocycles. The fourth-order valence-electron chi connectivity index (χ4n) is 4.99. The van der Waals surface area contributed by atoms with Crippen LogP contribution in [0.2, 0.25) is 0 Å². The quantitative estimate of drug-likeness (QED) is 0.425. The Kier molecular flexibility index (Phi) is 7.04. The van der Waals surface area contributed by atoms with Crippen LogP contribution in [0.4, 0.5) is 5.69 Å². The average Bonchev–Trinajstić information content (AvgIpc) is 3.08. The van der Waals surface area contributed by atoms with Crippen LogP contribution in [0, 0.1) is 6.92 Å². The lowest BCUT2D eigenvalue weighted by Gasteiger charge is -2.33. The highest BCUT2D eigenvalue weighted by molar-refractivity contribution is 5.63. The van der Waals surface area contributed by atoms with E-state index in [1.165, 1.54) is 11.1 Å². The molecule has 1 aliphatic rings. The Labute approximate surface area is 220 Å². The normalized spacial score (nSPS) is 15.5. The van der Waals surface area contributed by atoms with Crippen LogP contribution in [0.1, 0.15) is 82.6 Å². The highest BCUT2D eigenvalue weighted by Gasteiger charge is 2.27. The van der Waals surface area contributed by atoms with Gasteiger partial charge in [0, 0.05) is 59.2 Å². The van der Waals surface area contributed by atoms with E-state index >= 15 is 0 Å². The first-order valence-corrected chi connectivity index (χ1v) is 12.9. The Balaban J connectivity index is 1.82. The maximum atomic E-state index is 13.4. The van der Waals surface area contributed by atoms with Crippen LogP contribution in [0.25, 0.3) is 11.8 Å². The van der Waals surface area contributed by atoms with E-state index in [4.69, 9.17) is 0 Å². The van der Waals surface area contributed by atoms with E-state index in [0.29, 0.717) is 11.4 Å². The average molecular weight is 501 g/mol. The first-order chi connectivity index (χ1) is 17.3. The van der Waals surface area contributed by atoms with Crippen molar-refractivity contribution in [2.75, 3.05) is 11.9 Å². The smallest absolute Gasteiger partial charge is 0.270 e. The van der Waals surface area contributed by atoms with Crippen LogP contribution in [0.5, 0.6) is 0 Å². The maximum Gasteiger partial charge on any atom is 0.270 e. The summed E-state index contributed by atoms with van der Waals surface area (Å²) in [6.07, 6.45) is 3.71. The number of benzene rings is 1. The summed E-state index contributed by atoms with van der Waals surface area (Å²) in [6, 6.07) is 10.4. The Morgan fingerprint density at radius 1 is 1.24 bits per heavy atom. The molecule has 0 bridgehead atoms. The van der Waals surface area contributed by atoms with Gasteiger partial charge in [0.25, 0.3) is 5.56 Å². The molecule has 4 rings (SSSR count). The van der Waals surface area contributed by atoms with Crippen molar-refractivity contribution in [3.63, 3.8) is 0 Å². The zero-order chi connectivity index (χ0) is 27.1. The van der Waals surface area contributed by atoms with Gasteiger partial charge in [-0.1, -0.05) is 40.7 Å². The van der Waals surface area contributed by atoms with Gasteiger partial charge in [-0.15, -0.1) is 0 Å². The molecular formula is C30H40N6O. The molecule has 0 atom stereocenters. The Hall–Kier alpha value is -3.45. The number of nitrogens with one attached hydrogen (secondary N) is 2. The van der Waals surface area contributed by atoms with Crippen molar-refractivity contribution < 1.29 is 0 Å². The van der Waals surface area contributed by atoms with Crippen LogP contribution in [-0.4, -0.2) is 27.6 Å². The second-order valence-electron chi connectivity index (χ2n) is 11.9. The van der Waals surface area contributed by atoms with E-state index in [9.17, 15) is 4.79 Å². The summed E-state index contributed by atoms with van der Waals surface area (Å²) in [6.45, 7) is 22.4. The maximum absolute atomic E-state index is 13.4. The number of hydrogen-bond acceptors (Lipinski definition) is 5. The molecule has 196 valence electrons. The molecule has 1 aromatic carbocycles. The Morgan fingerprint density at radius 3 is 2.62 bits per heavy atom. The number of pyridine rings is 1. The summed E-state index contributed by atoms with van der Waals surface area (Å²) in [7, 11) is 0. The van der Waals surface area contributed by atoms with Crippen LogP contribution >= 0.6 is 0 Å². The van der Waals surface area contributed by atoms with E-state index in [1.54, 1.807) is 10.9 Å². The fraction of sp³-hybridized carbons (Fsp3) is 0.433. The minimum atomic E-state index is -0.123. The first-order valence-electron chi connectivity index (χ1n) is 12.9. The zero-order valence-electron chi connectivity index (χ0n) is 23.4. The van der Waals surface area contributed by atoms with E-state index < -0.39 is 0 Å². The summed E-state index contributed by atoms with van der Waals surface area (Å²) < 4.78 is 3.77. The third-order valence-electron chi connectivity index (χ3n) is 7.04. The fourth-order valence-corrected chi connectivity index (χ4v) is 4.99. The van der Waals surface area contributed by atoms with E-state index in [0.717, 1.165) is 35.9 Å². The predicted molar refractivity (Wildman–Crippen MR) is 154 cm³/mol. The van der Waals surface area contributed by atoms with Gasteiger partial charge in [-0.3, -0.25) is 14.5 Å². The number of hydrogen-bond donors (Lipinski definition) is 2. The summed E-state index contributed by atoms with van der Waals surface area (Å²) in [5.74, 6) is 0.575. The molecule has 0 aliphatic carbocycles. The molecule has 0 spiro atoms. The highest BCUT2D eigenvalue weighted by Crippen LogP contribution is 2.32. The standard InChI is InChI=1S/C30H40N6O/c1-19(2)35-28(37)20(3)25(36(35)23-12-13-33-26(15-23)29(4,5)6)16-27(31-9)34-22-10-11-24-21(14-22)17-32-18-30(24,7)8/h10-16,19,32,34H,9,17-18H2,1-8H3/b27-16+. The van der Waals surface area contributed by atoms with Gasteiger partial charge in [-0.05, 0) is 62.9 Å². The Morgan fingerprint density at radius 2 is 1.97 bits per heavy atom. The van der Waals surface area contributed by atoms with Crippen molar-refractivity contribution in [2.45, 2.75) is 78.8 Å². The van der Waals surface area contributed by atoms with Gasteiger partial charge in [-0.25, -0.2) is 9.67 Å². The topological polar surface area (TPSA) is 76.2 Å². The van der Waals surface area contributed by atoms with E-state index in [-0.39, 0.29) is 22.4 Å². The van der Waals surface area contributed by atoms with Gasteiger partial charge in [0.15, 0.2) is 0 Å². The molecular weight excluding hydrogens is 460 g/mol. The number of fused-ring (bicyclic) bond motifs is 1. The second-order valence-corrected chi connectivity index (χ2v) is 11.9. The molecule has 2 N–H and O–H groups in total. The summed E-state index contributed by atoms with van der Waals surface area (Å²) in [5, 5.41) is 6.93. The molecule has 0 unspecified atom stereocenters. The van der Waals surface area contributed by atoms with Crippen LogP contribution in [-0.2, 0) is 17.4 Å². The molecule has 2 aromatic heterocycles. The summed E-state index contributed by atoms with van der Waals surface area (Å²) in [4.78, 5) is 22.2.